The highest BCUT2D eigenvalue weighted by Gasteiger charge is 2.26. The Hall–Kier alpha value is -2.46. The lowest BCUT2D eigenvalue weighted by Gasteiger charge is -2.26. The van der Waals surface area contributed by atoms with Crippen molar-refractivity contribution in [3.63, 3.8) is 0 Å². The van der Waals surface area contributed by atoms with Crippen molar-refractivity contribution in [2.45, 2.75) is 43.6 Å². The summed E-state index contributed by atoms with van der Waals surface area (Å²) in [7, 11) is 0.379. The normalized spacial score (nSPS) is 15.1. The molecule has 0 bridgehead atoms. The molecule has 0 spiro atoms. The van der Waals surface area contributed by atoms with Crippen molar-refractivity contribution in [1.29, 1.82) is 0 Å². The highest BCUT2D eigenvalue weighted by Crippen LogP contribution is 2.28. The topological polar surface area (TPSA) is 35.5 Å². The van der Waals surface area contributed by atoms with Crippen LogP contribution in [-0.2, 0) is 26.0 Å². The standard InChI is InChI=1S/C26H29O3S/c1-26(2,22-11-10-20-8-4-5-9-21(20)18-22)29-25(27)19-28-23-12-14-24(15-13-23)30-16-6-3-7-17-30/h4-5,8-15,18H,3,6-7,16-17,19H2,1-2H3/q+1. The second kappa shape index (κ2) is 9.13. The summed E-state index contributed by atoms with van der Waals surface area (Å²) in [4.78, 5) is 13.8. The number of hydrogen-bond acceptors (Lipinski definition) is 3. The average Bonchev–Trinajstić information content (AvgIpc) is 2.78. The molecule has 4 heteroatoms. The molecule has 0 saturated carbocycles. The van der Waals surface area contributed by atoms with E-state index in [1.807, 2.05) is 44.2 Å². The van der Waals surface area contributed by atoms with E-state index in [0.717, 1.165) is 10.9 Å². The minimum atomic E-state index is -0.726. The zero-order chi connectivity index (χ0) is 21.0. The zero-order valence-electron chi connectivity index (χ0n) is 17.7. The van der Waals surface area contributed by atoms with Gasteiger partial charge in [0.1, 0.15) is 22.9 Å². The van der Waals surface area contributed by atoms with Crippen molar-refractivity contribution in [3.8, 4) is 5.75 Å². The average molecular weight is 422 g/mol. The molecule has 1 aliphatic rings. The summed E-state index contributed by atoms with van der Waals surface area (Å²) in [6, 6.07) is 22.6. The molecular weight excluding hydrogens is 392 g/mol. The van der Waals surface area contributed by atoms with Crippen LogP contribution < -0.4 is 4.74 Å². The molecule has 1 saturated heterocycles. The number of ether oxygens (including phenoxy) is 2. The van der Waals surface area contributed by atoms with Crippen molar-refractivity contribution in [2.75, 3.05) is 18.1 Å². The Bertz CT molecular complexity index is 1000. The molecule has 1 heterocycles. The first-order valence-corrected chi connectivity index (χ1v) is 12.2. The lowest BCUT2D eigenvalue weighted by molar-refractivity contribution is -0.159. The lowest BCUT2D eigenvalue weighted by atomic mass is 9.95. The number of esters is 1. The maximum Gasteiger partial charge on any atom is 0.345 e. The summed E-state index contributed by atoms with van der Waals surface area (Å²) in [5.74, 6) is 2.94. The molecule has 0 aromatic heterocycles. The summed E-state index contributed by atoms with van der Waals surface area (Å²) in [6.07, 6.45) is 4.03. The molecule has 0 amide bonds. The summed E-state index contributed by atoms with van der Waals surface area (Å²) >= 11 is 0. The van der Waals surface area contributed by atoms with Crippen molar-refractivity contribution in [1.82, 2.24) is 0 Å². The van der Waals surface area contributed by atoms with Crippen LogP contribution >= 0.6 is 0 Å². The van der Waals surface area contributed by atoms with Gasteiger partial charge in [0.05, 0.1) is 0 Å². The molecule has 1 fully saturated rings. The van der Waals surface area contributed by atoms with E-state index in [2.05, 4.69) is 36.4 Å². The van der Waals surface area contributed by atoms with Crippen LogP contribution in [0.25, 0.3) is 10.8 Å². The van der Waals surface area contributed by atoms with E-state index in [1.54, 1.807) is 0 Å². The lowest BCUT2D eigenvalue weighted by Crippen LogP contribution is -2.28. The Morgan fingerprint density at radius 1 is 0.900 bits per heavy atom. The van der Waals surface area contributed by atoms with Gasteiger partial charge in [0, 0.05) is 10.9 Å². The minimum Gasteiger partial charge on any atom is -0.482 e. The van der Waals surface area contributed by atoms with E-state index >= 15 is 0 Å². The van der Waals surface area contributed by atoms with Gasteiger partial charge in [-0.3, -0.25) is 0 Å². The largest absolute Gasteiger partial charge is 0.482 e. The van der Waals surface area contributed by atoms with Gasteiger partial charge < -0.3 is 9.47 Å². The molecule has 1 aliphatic heterocycles. The molecule has 3 aromatic rings. The van der Waals surface area contributed by atoms with Gasteiger partial charge in [-0.1, -0.05) is 36.4 Å². The van der Waals surface area contributed by atoms with Crippen LogP contribution in [0, 0.1) is 0 Å². The fraction of sp³-hybridized carbons (Fsp3) is 0.346. The molecule has 0 atom stereocenters. The zero-order valence-corrected chi connectivity index (χ0v) is 18.5. The molecule has 0 aliphatic carbocycles. The number of hydrogen-bond donors (Lipinski definition) is 0. The Morgan fingerprint density at radius 3 is 2.33 bits per heavy atom. The summed E-state index contributed by atoms with van der Waals surface area (Å²) in [5, 5.41) is 2.30. The minimum absolute atomic E-state index is 0.0952. The first-order valence-electron chi connectivity index (χ1n) is 10.6. The van der Waals surface area contributed by atoms with Crippen LogP contribution in [0.15, 0.2) is 71.6 Å². The third kappa shape index (κ3) is 4.99. The van der Waals surface area contributed by atoms with Gasteiger partial charge in [0.25, 0.3) is 0 Å². The van der Waals surface area contributed by atoms with Crippen LogP contribution in [0.5, 0.6) is 5.75 Å². The van der Waals surface area contributed by atoms with Gasteiger partial charge >= 0.3 is 5.97 Å². The van der Waals surface area contributed by atoms with Crippen molar-refractivity contribution < 1.29 is 14.3 Å². The molecule has 0 unspecified atom stereocenters. The van der Waals surface area contributed by atoms with Crippen molar-refractivity contribution in [2.24, 2.45) is 0 Å². The van der Waals surface area contributed by atoms with Crippen LogP contribution in [0.2, 0.25) is 0 Å². The monoisotopic (exact) mass is 421 g/mol. The van der Waals surface area contributed by atoms with E-state index in [9.17, 15) is 4.79 Å². The third-order valence-electron chi connectivity index (χ3n) is 5.61. The molecular formula is C26H29O3S+. The first kappa shape index (κ1) is 20.8. The van der Waals surface area contributed by atoms with Gasteiger partial charge in [-0.2, -0.15) is 0 Å². The summed E-state index contributed by atoms with van der Waals surface area (Å²) in [6.45, 7) is 3.73. The second-order valence-corrected chi connectivity index (χ2v) is 10.5. The first-order chi connectivity index (χ1) is 14.5. The molecule has 156 valence electrons. The molecule has 30 heavy (non-hydrogen) atoms. The Kier molecular flexibility index (Phi) is 6.33. The SMILES string of the molecule is CC(C)(OC(=O)COc1ccc([S+]2CCCCC2)cc1)c1ccc2ccccc2c1. The number of benzene rings is 3. The third-order valence-corrected chi connectivity index (χ3v) is 8.11. The van der Waals surface area contributed by atoms with E-state index < -0.39 is 5.60 Å². The molecule has 0 radical (unpaired) electrons. The van der Waals surface area contributed by atoms with Crippen LogP contribution in [0.3, 0.4) is 0 Å². The van der Waals surface area contributed by atoms with E-state index in [-0.39, 0.29) is 12.6 Å². The van der Waals surface area contributed by atoms with Crippen LogP contribution in [-0.4, -0.2) is 24.1 Å². The van der Waals surface area contributed by atoms with E-state index in [0.29, 0.717) is 16.6 Å². The van der Waals surface area contributed by atoms with E-state index in [1.165, 1.54) is 41.0 Å². The second-order valence-electron chi connectivity index (χ2n) is 8.27. The number of carbonyl (C=O) groups excluding carboxylic acids is 1. The maximum atomic E-state index is 12.4. The highest BCUT2D eigenvalue weighted by atomic mass is 32.2. The van der Waals surface area contributed by atoms with Gasteiger partial charge in [0.2, 0.25) is 0 Å². The molecule has 3 aromatic carbocycles. The van der Waals surface area contributed by atoms with Crippen molar-refractivity contribution in [3.05, 3.63) is 72.3 Å². The summed E-state index contributed by atoms with van der Waals surface area (Å²) < 4.78 is 11.4. The number of fused-ring (bicyclic) bond motifs is 1. The van der Waals surface area contributed by atoms with Gasteiger partial charge in [-0.05, 0) is 79.8 Å². The van der Waals surface area contributed by atoms with Crippen LogP contribution in [0.4, 0.5) is 0 Å². The highest BCUT2D eigenvalue weighted by molar-refractivity contribution is 7.96. The maximum absolute atomic E-state index is 12.4. The van der Waals surface area contributed by atoms with Gasteiger partial charge in [-0.25, -0.2) is 4.79 Å². The van der Waals surface area contributed by atoms with Gasteiger partial charge in [-0.15, -0.1) is 0 Å². The van der Waals surface area contributed by atoms with Crippen molar-refractivity contribution >= 4 is 27.6 Å². The van der Waals surface area contributed by atoms with Gasteiger partial charge in [0.15, 0.2) is 11.5 Å². The quantitative estimate of drug-likeness (QED) is 0.369. The smallest absolute Gasteiger partial charge is 0.345 e. The predicted octanol–water partition coefficient (Wildman–Crippen LogP) is 5.86. The Balaban J connectivity index is 1.34. The molecule has 0 N–H and O–H groups in total. The number of rotatable bonds is 6. The Labute approximate surface area is 181 Å². The Morgan fingerprint density at radius 2 is 1.60 bits per heavy atom. The predicted molar refractivity (Wildman–Crippen MR) is 124 cm³/mol. The molecule has 3 nitrogen and oxygen atoms in total. The fourth-order valence-electron chi connectivity index (χ4n) is 3.87. The summed E-state index contributed by atoms with van der Waals surface area (Å²) in [5.41, 5.74) is 0.239. The fourth-order valence-corrected chi connectivity index (χ4v) is 6.18. The van der Waals surface area contributed by atoms with Crippen LogP contribution in [0.1, 0.15) is 38.7 Å². The number of carbonyl (C=O) groups is 1. The molecule has 4 rings (SSSR count). The van der Waals surface area contributed by atoms with E-state index in [4.69, 9.17) is 9.47 Å².